The first kappa shape index (κ1) is 21.2. The minimum atomic E-state index is -3.24. The minimum Gasteiger partial charge on any atom is -0.382 e. The van der Waals surface area contributed by atoms with E-state index in [1.165, 1.54) is 6.26 Å². The number of nitrogens with zero attached hydrogens (tertiary/aromatic N) is 3. The number of anilines is 1. The normalized spacial score (nSPS) is 15.0. The second kappa shape index (κ2) is 9.00. The molecule has 0 saturated carbocycles. The van der Waals surface area contributed by atoms with Gasteiger partial charge in [0.15, 0.2) is 15.5 Å². The topological polar surface area (TPSA) is 105 Å². The van der Waals surface area contributed by atoms with Crippen molar-refractivity contribution in [3.8, 4) is 17.2 Å². The van der Waals surface area contributed by atoms with Gasteiger partial charge in [0.1, 0.15) is 6.07 Å². The molecule has 0 radical (unpaired) electrons. The fraction of sp³-hybridized carbons (Fsp3) is 0.348. The Morgan fingerprint density at radius 2 is 1.81 bits per heavy atom. The highest BCUT2D eigenvalue weighted by Crippen LogP contribution is 2.30. The number of sulfone groups is 1. The van der Waals surface area contributed by atoms with E-state index in [0.29, 0.717) is 17.1 Å². The molecule has 2 aromatic carbocycles. The van der Waals surface area contributed by atoms with Crippen LogP contribution in [-0.4, -0.2) is 44.6 Å². The summed E-state index contributed by atoms with van der Waals surface area (Å²) in [4.78, 5) is 0.284. The van der Waals surface area contributed by atoms with Crippen LogP contribution >= 0.6 is 0 Å². The molecule has 7 nitrogen and oxygen atoms in total. The fourth-order valence-corrected chi connectivity index (χ4v) is 4.51. The molecule has 2 heterocycles. The van der Waals surface area contributed by atoms with Gasteiger partial charge in [-0.3, -0.25) is 0 Å². The lowest BCUT2D eigenvalue weighted by Crippen LogP contribution is -2.18. The van der Waals surface area contributed by atoms with E-state index in [4.69, 9.17) is 4.74 Å². The number of hydrogen-bond acceptors (Lipinski definition) is 7. The van der Waals surface area contributed by atoms with Crippen LogP contribution in [0.1, 0.15) is 25.0 Å². The summed E-state index contributed by atoms with van der Waals surface area (Å²) < 4.78 is 28.8. The van der Waals surface area contributed by atoms with Crippen molar-refractivity contribution in [2.24, 2.45) is 5.92 Å². The Hall–Kier alpha value is -3.02. The van der Waals surface area contributed by atoms with Crippen LogP contribution in [0.4, 0.5) is 5.69 Å². The molecule has 8 heteroatoms. The summed E-state index contributed by atoms with van der Waals surface area (Å²) in [6.07, 6.45) is 4.35. The molecule has 1 aliphatic heterocycles. The lowest BCUT2D eigenvalue weighted by molar-refractivity contribution is 0.0649. The van der Waals surface area contributed by atoms with E-state index in [1.807, 2.05) is 18.2 Å². The molecule has 0 atom stereocenters. The Morgan fingerprint density at radius 1 is 1.10 bits per heavy atom. The first-order chi connectivity index (χ1) is 15.0. The second-order valence-corrected chi connectivity index (χ2v) is 9.85. The van der Waals surface area contributed by atoms with Gasteiger partial charge in [0.2, 0.25) is 0 Å². The van der Waals surface area contributed by atoms with Gasteiger partial charge in [0.05, 0.1) is 16.1 Å². The summed E-state index contributed by atoms with van der Waals surface area (Å²) >= 11 is 0. The SMILES string of the molecule is CS(=O)(=O)c1ccc(-c2ccc3c(NCCC4CCOCC4)c(C#N)nnc3c2)cc1. The third-order valence-corrected chi connectivity index (χ3v) is 6.81. The average molecular weight is 437 g/mol. The smallest absolute Gasteiger partial charge is 0.186 e. The van der Waals surface area contributed by atoms with Crippen LogP contribution in [0.3, 0.4) is 0 Å². The molecule has 1 aromatic heterocycles. The predicted octanol–water partition coefficient (Wildman–Crippen LogP) is 3.80. The molecule has 0 amide bonds. The quantitative estimate of drug-likeness (QED) is 0.626. The number of fused-ring (bicyclic) bond motifs is 1. The van der Waals surface area contributed by atoms with Gasteiger partial charge in [-0.2, -0.15) is 5.26 Å². The maximum Gasteiger partial charge on any atom is 0.186 e. The van der Waals surface area contributed by atoms with Crippen molar-refractivity contribution < 1.29 is 13.2 Å². The van der Waals surface area contributed by atoms with Crippen molar-refractivity contribution in [1.82, 2.24) is 10.2 Å². The second-order valence-electron chi connectivity index (χ2n) is 7.84. The first-order valence-electron chi connectivity index (χ1n) is 10.3. The highest BCUT2D eigenvalue weighted by molar-refractivity contribution is 7.90. The highest BCUT2D eigenvalue weighted by atomic mass is 32.2. The summed E-state index contributed by atoms with van der Waals surface area (Å²) in [6.45, 7) is 2.40. The molecule has 3 aromatic rings. The van der Waals surface area contributed by atoms with Crippen LogP contribution in [0, 0.1) is 17.2 Å². The summed E-state index contributed by atoms with van der Waals surface area (Å²) in [5.74, 6) is 0.634. The Labute approximate surface area is 182 Å². The fourth-order valence-electron chi connectivity index (χ4n) is 3.87. The van der Waals surface area contributed by atoms with Crippen molar-refractivity contribution in [3.63, 3.8) is 0 Å². The average Bonchev–Trinajstić information content (AvgIpc) is 2.79. The van der Waals surface area contributed by atoms with Crippen LogP contribution in [0.15, 0.2) is 47.4 Å². The van der Waals surface area contributed by atoms with Crippen molar-refractivity contribution in [2.75, 3.05) is 31.3 Å². The van der Waals surface area contributed by atoms with Gasteiger partial charge in [-0.1, -0.05) is 18.2 Å². The van der Waals surface area contributed by atoms with Crippen LogP contribution in [0.25, 0.3) is 22.0 Å². The summed E-state index contributed by atoms with van der Waals surface area (Å²) in [5.41, 5.74) is 3.45. The van der Waals surface area contributed by atoms with Crippen LogP contribution in [0.5, 0.6) is 0 Å². The van der Waals surface area contributed by atoms with Gasteiger partial charge in [0.25, 0.3) is 0 Å². The van der Waals surface area contributed by atoms with Crippen molar-refractivity contribution in [1.29, 1.82) is 5.26 Å². The highest BCUT2D eigenvalue weighted by Gasteiger charge is 2.15. The van der Waals surface area contributed by atoms with Crippen molar-refractivity contribution >= 4 is 26.4 Å². The lowest BCUT2D eigenvalue weighted by atomic mass is 9.96. The first-order valence-corrected chi connectivity index (χ1v) is 12.2. The Balaban J connectivity index is 1.59. The maximum absolute atomic E-state index is 11.7. The number of benzene rings is 2. The van der Waals surface area contributed by atoms with E-state index in [1.54, 1.807) is 24.3 Å². The lowest BCUT2D eigenvalue weighted by Gasteiger charge is -2.22. The Morgan fingerprint density at radius 3 is 2.48 bits per heavy atom. The molecular formula is C23H24N4O3S. The van der Waals surface area contributed by atoms with Crippen LogP contribution in [0.2, 0.25) is 0 Å². The number of aromatic nitrogens is 2. The molecule has 0 bridgehead atoms. The summed E-state index contributed by atoms with van der Waals surface area (Å²) in [7, 11) is -3.24. The third-order valence-electron chi connectivity index (χ3n) is 5.68. The standard InChI is InChI=1S/C23H24N4O3S/c1-31(28,29)19-5-2-17(3-6-19)18-4-7-20-21(14-18)26-27-22(15-24)23(20)25-11-8-16-9-12-30-13-10-16/h2-7,14,16H,8-13H2,1H3,(H,25,26). The molecule has 0 spiro atoms. The largest absolute Gasteiger partial charge is 0.382 e. The molecule has 160 valence electrons. The van der Waals surface area contributed by atoms with E-state index < -0.39 is 9.84 Å². The number of nitriles is 1. The maximum atomic E-state index is 11.7. The van der Waals surface area contributed by atoms with Gasteiger partial charge >= 0.3 is 0 Å². The van der Waals surface area contributed by atoms with Crippen molar-refractivity contribution in [3.05, 3.63) is 48.2 Å². The molecule has 0 unspecified atom stereocenters. The molecular weight excluding hydrogens is 412 g/mol. The van der Waals surface area contributed by atoms with Gasteiger partial charge in [0, 0.05) is 31.4 Å². The molecule has 0 aliphatic carbocycles. The number of hydrogen-bond donors (Lipinski definition) is 1. The minimum absolute atomic E-state index is 0.282. The predicted molar refractivity (Wildman–Crippen MR) is 119 cm³/mol. The van der Waals surface area contributed by atoms with Crippen LogP contribution in [-0.2, 0) is 14.6 Å². The monoisotopic (exact) mass is 436 g/mol. The van der Waals surface area contributed by atoms with Gasteiger partial charge in [-0.05, 0) is 60.6 Å². The Kier molecular flexibility index (Phi) is 6.16. The zero-order chi connectivity index (χ0) is 21.8. The number of rotatable bonds is 6. The summed E-state index contributed by atoms with van der Waals surface area (Å²) in [6, 6.07) is 14.7. The van der Waals surface area contributed by atoms with E-state index in [9.17, 15) is 13.7 Å². The van der Waals surface area contributed by atoms with Crippen molar-refractivity contribution in [2.45, 2.75) is 24.2 Å². The Bertz CT molecular complexity index is 1230. The zero-order valence-electron chi connectivity index (χ0n) is 17.3. The van der Waals surface area contributed by atoms with E-state index in [2.05, 4.69) is 21.6 Å². The third kappa shape index (κ3) is 4.84. The van der Waals surface area contributed by atoms with E-state index >= 15 is 0 Å². The van der Waals surface area contributed by atoms with E-state index in [0.717, 1.165) is 55.5 Å². The van der Waals surface area contributed by atoms with Gasteiger partial charge < -0.3 is 10.1 Å². The zero-order valence-corrected chi connectivity index (χ0v) is 18.2. The molecule has 1 aliphatic rings. The molecule has 1 saturated heterocycles. The molecule has 4 rings (SSSR count). The molecule has 1 fully saturated rings. The number of nitrogens with one attached hydrogen (secondary N) is 1. The van der Waals surface area contributed by atoms with E-state index in [-0.39, 0.29) is 10.6 Å². The molecule has 1 N–H and O–H groups in total. The number of ether oxygens (including phenoxy) is 1. The molecule has 31 heavy (non-hydrogen) atoms. The van der Waals surface area contributed by atoms with Gasteiger partial charge in [-0.25, -0.2) is 8.42 Å². The summed E-state index contributed by atoms with van der Waals surface area (Å²) in [5, 5.41) is 22.1. The van der Waals surface area contributed by atoms with Crippen LogP contribution < -0.4 is 5.32 Å². The van der Waals surface area contributed by atoms with Gasteiger partial charge in [-0.15, -0.1) is 10.2 Å².